The van der Waals surface area contributed by atoms with E-state index in [4.69, 9.17) is 15.7 Å². The Morgan fingerprint density at radius 3 is 2.13 bits per heavy atom. The van der Waals surface area contributed by atoms with Crippen LogP contribution < -0.4 is 16.4 Å². The second-order valence-corrected chi connectivity index (χ2v) is 16.0. The maximum Gasteiger partial charge on any atom is 2.00 e. The van der Waals surface area contributed by atoms with Crippen molar-refractivity contribution in [1.82, 2.24) is 9.97 Å². The molecule has 0 radical (unpaired) electrons. The summed E-state index contributed by atoms with van der Waals surface area (Å²) in [6.07, 6.45) is 4.17. The van der Waals surface area contributed by atoms with E-state index in [0.29, 0.717) is 22.9 Å². The molecule has 10 heteroatoms. The van der Waals surface area contributed by atoms with E-state index in [1.165, 1.54) is 39.7 Å². The van der Waals surface area contributed by atoms with Gasteiger partial charge in [0.15, 0.2) is 0 Å². The molecule has 242 valence electrons. The van der Waals surface area contributed by atoms with E-state index < -0.39 is 0 Å². The average molecular weight is 884 g/mol. The number of ketones is 1. The zero-order valence-electron chi connectivity index (χ0n) is 27.5. The van der Waals surface area contributed by atoms with Gasteiger partial charge in [-0.2, -0.15) is 6.42 Å². The minimum atomic E-state index is -0.349. The second kappa shape index (κ2) is 14.0. The quantitative estimate of drug-likeness (QED) is 0.107. The van der Waals surface area contributed by atoms with Crippen LogP contribution in [0.3, 0.4) is 0 Å². The molecule has 2 N–H and O–H groups in total. The molecule has 0 bridgehead atoms. The third-order valence-corrected chi connectivity index (χ3v) is 13.9. The van der Waals surface area contributed by atoms with Gasteiger partial charge in [-0.1, -0.05) is 76.8 Å². The van der Waals surface area contributed by atoms with Crippen LogP contribution in [0.4, 0.5) is 0 Å². The van der Waals surface area contributed by atoms with Crippen molar-refractivity contribution in [2.45, 2.75) is 73.3 Å². The topological polar surface area (TPSA) is 68.9 Å². The molecule has 47 heavy (non-hydrogen) atoms. The number of hydrogen-bond acceptors (Lipinski definition) is 9. The van der Waals surface area contributed by atoms with Crippen molar-refractivity contribution in [3.8, 4) is 11.3 Å². The maximum absolute atomic E-state index is 13.6. The van der Waals surface area contributed by atoms with Crippen molar-refractivity contribution in [1.29, 1.82) is 0 Å². The predicted octanol–water partition coefficient (Wildman–Crippen LogP) is 8.49. The number of hydrogen-bond donors (Lipinski definition) is 1. The predicted molar refractivity (Wildman–Crippen MR) is 205 cm³/mol. The van der Waals surface area contributed by atoms with Gasteiger partial charge in [-0.3, -0.25) is 9.78 Å². The Bertz CT molecular complexity index is 2290. The molecule has 4 nitrogen and oxygen atoms in total. The first-order valence-corrected chi connectivity index (χ1v) is 19.0. The molecule has 0 amide bonds. The Balaban J connectivity index is 0.00000106. The van der Waals surface area contributed by atoms with Gasteiger partial charge in [0.1, 0.15) is 5.69 Å². The summed E-state index contributed by atoms with van der Waals surface area (Å²) in [7, 11) is 0. The minimum Gasteiger partial charge on any atom is -0.813 e. The van der Waals surface area contributed by atoms with Gasteiger partial charge < -0.3 is 24.2 Å². The van der Waals surface area contributed by atoms with Crippen molar-refractivity contribution < 1.29 is 25.9 Å². The van der Waals surface area contributed by atoms with Crippen molar-refractivity contribution in [2.24, 2.45) is 5.73 Å². The van der Waals surface area contributed by atoms with E-state index in [2.05, 4.69) is 53.2 Å². The molecule has 0 aliphatic heterocycles. The van der Waals surface area contributed by atoms with E-state index in [9.17, 15) is 4.79 Å². The Morgan fingerprint density at radius 1 is 0.851 bits per heavy atom. The Morgan fingerprint density at radius 2 is 1.45 bits per heavy atom. The zero-order valence-corrected chi connectivity index (χ0v) is 34.6. The van der Waals surface area contributed by atoms with Crippen LogP contribution in [0.15, 0.2) is 36.4 Å². The summed E-state index contributed by atoms with van der Waals surface area (Å²) in [5.74, 6) is 0.445. The number of aryl methyl sites for hydroxylation is 3. The minimum absolute atomic E-state index is 0. The molecule has 5 aromatic heterocycles. The second-order valence-electron chi connectivity index (χ2n) is 11.6. The van der Waals surface area contributed by atoms with Crippen molar-refractivity contribution in [2.75, 3.05) is 0 Å². The van der Waals surface area contributed by atoms with Gasteiger partial charge in [0.25, 0.3) is 0 Å². The van der Waals surface area contributed by atoms with Gasteiger partial charge in [-0.25, -0.2) is 11.3 Å². The molecule has 8 rings (SSSR count). The normalized spacial score (nSPS) is 14.7. The fourth-order valence-electron chi connectivity index (χ4n) is 6.63. The van der Waals surface area contributed by atoms with Crippen LogP contribution in [0.25, 0.3) is 41.2 Å². The van der Waals surface area contributed by atoms with E-state index in [1.807, 2.05) is 83.5 Å². The summed E-state index contributed by atoms with van der Waals surface area (Å²) in [5, 5.41) is 1.56. The molecule has 1 atom stereocenters. The molecular formula is C37H37N3OS5W. The number of nitrogens with zero attached hydrogens (tertiary/aromatic N) is 2. The summed E-state index contributed by atoms with van der Waals surface area (Å²) in [6.45, 7) is 15.2. The first-order chi connectivity index (χ1) is 21.8. The third kappa shape index (κ3) is 5.64. The molecule has 2 aliphatic rings. The first-order valence-electron chi connectivity index (χ1n) is 15.8. The van der Waals surface area contributed by atoms with E-state index >= 15 is 0 Å². The van der Waals surface area contributed by atoms with E-state index in [-0.39, 0.29) is 46.4 Å². The molecule has 0 saturated carbocycles. The third-order valence-electron chi connectivity index (χ3n) is 8.64. The Labute approximate surface area is 313 Å². The van der Waals surface area contributed by atoms with Crippen LogP contribution in [0.2, 0.25) is 0 Å². The Hall–Kier alpha value is -2.10. The summed E-state index contributed by atoms with van der Waals surface area (Å²) < 4.78 is 5.31. The fraction of sp³-hybridized carbons (Fsp3) is 0.297. The number of carbonyl (C=O) groups excluding carboxylic acids is 1. The van der Waals surface area contributed by atoms with Gasteiger partial charge in [0.2, 0.25) is 5.78 Å². The average Bonchev–Trinajstić information content (AvgIpc) is 3.83. The summed E-state index contributed by atoms with van der Waals surface area (Å²) >= 11 is 7.38. The summed E-state index contributed by atoms with van der Waals surface area (Å²) in [5.41, 5.74) is 14.5. The van der Waals surface area contributed by atoms with Crippen LogP contribution in [-0.4, -0.2) is 21.8 Å². The first kappa shape index (κ1) is 36.2. The smallest absolute Gasteiger partial charge is 0.813 e. The maximum atomic E-state index is 13.6. The molecule has 0 spiro atoms. The standard InChI is InChI=1S/C35H30N3OS4.C2H6.H2S.W/c1-6-17-16(5)40-25-14-24(42-34(17)25)27-22(36)12-21(23-13-26-35(41-23)18(7-2)33(43-26)15(3)4)29-30(27)37-28-19-10-8-9-11-20(19)32(39)31(28)38-29;1-2;;/h8-15,22H,6-7,36H2,1-5H3;1-2H3;1H2;/q-1;;;+2/p-1. The van der Waals surface area contributed by atoms with Crippen LogP contribution in [0.5, 0.6) is 0 Å². The van der Waals surface area contributed by atoms with Crippen LogP contribution >= 0.6 is 45.3 Å². The molecular weight excluding hydrogens is 847 g/mol. The molecule has 0 fully saturated rings. The molecule has 1 aromatic carbocycles. The largest absolute Gasteiger partial charge is 2.00 e. The zero-order chi connectivity index (χ0) is 31.7. The number of carbonyl (C=O) groups is 1. The van der Waals surface area contributed by atoms with E-state index in [0.717, 1.165) is 50.0 Å². The number of aromatic nitrogens is 2. The van der Waals surface area contributed by atoms with E-state index in [1.54, 1.807) is 0 Å². The van der Waals surface area contributed by atoms with Crippen molar-refractivity contribution >= 4 is 94.6 Å². The van der Waals surface area contributed by atoms with Gasteiger partial charge in [-0.15, -0.1) is 39.6 Å². The number of fused-ring (bicyclic) bond motifs is 6. The number of benzene rings is 1. The van der Waals surface area contributed by atoms with Gasteiger partial charge >= 0.3 is 21.1 Å². The molecule has 5 heterocycles. The molecule has 0 saturated heterocycles. The monoisotopic (exact) mass is 883 g/mol. The van der Waals surface area contributed by atoms with Crippen LogP contribution in [0, 0.1) is 13.3 Å². The van der Waals surface area contributed by atoms with Crippen molar-refractivity contribution in [3.05, 3.63) is 95.4 Å². The molecule has 1 unspecified atom stereocenters. The summed E-state index contributed by atoms with van der Waals surface area (Å²) in [4.78, 5) is 29.1. The Kier molecular flexibility index (Phi) is 10.8. The molecule has 6 aromatic rings. The van der Waals surface area contributed by atoms with Crippen LogP contribution in [-0.2, 0) is 47.4 Å². The SMILES string of the molecule is CC.CCc1c(C)sc2cc(C3=c4nc5c(nc4=C(c4cc6sc(C(C)C)c(CC)c6s4)[CH-]C3N)C(=O)c3ccccc3-5)sc12.[SH-].[W+2]. The number of thiol groups is 1. The van der Waals surface area contributed by atoms with Gasteiger partial charge in [0.05, 0.1) is 5.69 Å². The number of rotatable bonds is 5. The fourth-order valence-corrected chi connectivity index (χ4v) is 12.3. The van der Waals surface area contributed by atoms with Gasteiger partial charge in [0, 0.05) is 55.9 Å². The number of thiophene rings is 4. The number of nitrogens with two attached hydrogens (primary N) is 1. The van der Waals surface area contributed by atoms with Gasteiger partial charge in [-0.05, 0) is 53.8 Å². The molecule has 2 aliphatic carbocycles. The van der Waals surface area contributed by atoms with Crippen LogP contribution in [0.1, 0.15) is 94.1 Å². The van der Waals surface area contributed by atoms with Crippen molar-refractivity contribution in [3.63, 3.8) is 0 Å². The summed E-state index contributed by atoms with van der Waals surface area (Å²) in [6, 6.07) is 11.9.